The second kappa shape index (κ2) is 6.75. The maximum absolute atomic E-state index is 11.3. The number of halogens is 2. The molecule has 0 aromatic carbocycles. The van der Waals surface area contributed by atoms with E-state index in [0.717, 1.165) is 0 Å². The van der Waals surface area contributed by atoms with Crippen LogP contribution >= 0.6 is 28.6 Å². The van der Waals surface area contributed by atoms with E-state index < -0.39 is 36.7 Å². The number of hydrogen-bond acceptors (Lipinski definition) is 10. The topological polar surface area (TPSA) is 155 Å². The van der Waals surface area contributed by atoms with Crippen molar-refractivity contribution in [2.45, 2.75) is 31.0 Å². The molecule has 0 spiro atoms. The molecule has 1 fully saturated rings. The molecule has 0 amide bonds. The largest absolute Gasteiger partial charge is 0.479 e. The Morgan fingerprint density at radius 3 is 2.81 bits per heavy atom. The van der Waals surface area contributed by atoms with Crippen molar-refractivity contribution in [3.8, 4) is 5.88 Å². The maximum Gasteiger partial charge on any atom is 0.380 e. The van der Waals surface area contributed by atoms with E-state index in [1.54, 1.807) is 0 Å². The third kappa shape index (κ3) is 3.48. The highest BCUT2D eigenvalue weighted by Crippen LogP contribution is 2.58. The van der Waals surface area contributed by atoms with Crippen molar-refractivity contribution < 1.29 is 28.8 Å². The zero-order chi connectivity index (χ0) is 19.3. The fourth-order valence-electron chi connectivity index (χ4n) is 2.76. The summed E-state index contributed by atoms with van der Waals surface area (Å²) in [6, 6.07) is 0. The van der Waals surface area contributed by atoms with Crippen LogP contribution in [0.2, 0.25) is 0 Å². The van der Waals surface area contributed by atoms with Gasteiger partial charge in [0.2, 0.25) is 11.8 Å². The first kappa shape index (κ1) is 19.6. The molecule has 1 aliphatic rings. The van der Waals surface area contributed by atoms with Crippen molar-refractivity contribution in [2.24, 2.45) is 0 Å². The highest BCUT2D eigenvalue weighted by Gasteiger charge is 2.54. The zero-order valence-electron chi connectivity index (χ0n) is 13.6. The van der Waals surface area contributed by atoms with Gasteiger partial charge in [-0.2, -0.15) is 9.97 Å². The Hall–Kier alpha value is -1.20. The number of methoxy groups -OCH3 is 1. The smallest absolute Gasteiger partial charge is 0.380 e. The summed E-state index contributed by atoms with van der Waals surface area (Å²) in [6.45, 7) is 0.960. The van der Waals surface area contributed by atoms with Crippen molar-refractivity contribution >= 4 is 45.7 Å². The van der Waals surface area contributed by atoms with E-state index in [9.17, 15) is 14.8 Å². The Labute approximate surface area is 157 Å². The van der Waals surface area contributed by atoms with Gasteiger partial charge >= 0.3 is 6.07 Å². The molecule has 3 heterocycles. The number of anilines is 1. The SMILES string of the molecule is COc1nc(N)nc2c1ncn2C1O[C@H](COP(=O)(Cl)Cl)[C@@H](O)[C@@]1(C)O. The quantitative estimate of drug-likeness (QED) is 0.588. The Kier molecular flexibility index (Phi) is 5.08. The van der Waals surface area contributed by atoms with Gasteiger partial charge in [-0.25, -0.2) is 4.98 Å². The first-order valence-electron chi connectivity index (χ1n) is 7.28. The Morgan fingerprint density at radius 2 is 2.19 bits per heavy atom. The number of imidazole rings is 1. The lowest BCUT2D eigenvalue weighted by atomic mass is 9.96. The van der Waals surface area contributed by atoms with Gasteiger partial charge in [-0.1, -0.05) is 0 Å². The standard InChI is InChI=1S/C12H16Cl2N5O6P/c1-12(21)7(20)5(3-24-26(13,14)22)25-10(12)19-4-16-6-8(19)17-11(15)18-9(6)23-2/h4-5,7,10,20-21H,3H2,1-2H3,(H2,15,17,18)/t5-,7-,10?,12-/m1/s1. The molecule has 1 saturated heterocycles. The first-order chi connectivity index (χ1) is 12.0. The zero-order valence-corrected chi connectivity index (χ0v) is 16.0. The minimum atomic E-state index is -3.82. The van der Waals surface area contributed by atoms with E-state index in [0.29, 0.717) is 5.52 Å². The summed E-state index contributed by atoms with van der Waals surface area (Å²) in [5, 5.41) is 21.1. The van der Waals surface area contributed by atoms with E-state index in [1.165, 1.54) is 24.9 Å². The molecule has 11 nitrogen and oxygen atoms in total. The molecule has 1 unspecified atom stereocenters. The molecule has 0 aliphatic carbocycles. The fourth-order valence-corrected chi connectivity index (χ4v) is 3.42. The molecule has 0 bridgehead atoms. The van der Waals surface area contributed by atoms with Crippen LogP contribution in [0.4, 0.5) is 5.95 Å². The molecule has 2 aromatic heterocycles. The fraction of sp³-hybridized carbons (Fsp3) is 0.583. The molecule has 26 heavy (non-hydrogen) atoms. The molecule has 2 aromatic rings. The predicted octanol–water partition coefficient (Wildman–Crippen LogP) is 1.03. The normalized spacial score (nSPS) is 29.4. The summed E-state index contributed by atoms with van der Waals surface area (Å²) in [5.41, 5.74) is 4.42. The van der Waals surface area contributed by atoms with Gasteiger partial charge in [0.05, 0.1) is 20.0 Å². The van der Waals surface area contributed by atoms with Crippen LogP contribution in [0.5, 0.6) is 5.88 Å². The minimum Gasteiger partial charge on any atom is -0.479 e. The second-order valence-electron chi connectivity index (χ2n) is 5.82. The summed E-state index contributed by atoms with van der Waals surface area (Å²) in [5.74, 6) is 0.0777. The van der Waals surface area contributed by atoms with Gasteiger partial charge < -0.3 is 29.9 Å². The van der Waals surface area contributed by atoms with Crippen LogP contribution in [0.15, 0.2) is 6.33 Å². The Bertz CT molecular complexity index is 873. The molecular weight excluding hydrogens is 412 g/mol. The van der Waals surface area contributed by atoms with Crippen LogP contribution < -0.4 is 10.5 Å². The van der Waals surface area contributed by atoms with Crippen molar-refractivity contribution in [1.29, 1.82) is 0 Å². The number of fused-ring (bicyclic) bond motifs is 1. The van der Waals surface area contributed by atoms with Crippen LogP contribution in [0, 0.1) is 0 Å². The lowest BCUT2D eigenvalue weighted by Crippen LogP contribution is -2.44. The Morgan fingerprint density at radius 1 is 1.50 bits per heavy atom. The van der Waals surface area contributed by atoms with E-state index in [4.69, 9.17) is 42.2 Å². The van der Waals surface area contributed by atoms with Crippen LogP contribution in [0.1, 0.15) is 13.2 Å². The van der Waals surface area contributed by atoms with Gasteiger partial charge in [-0.15, -0.1) is 0 Å². The number of aromatic nitrogens is 4. The molecular formula is C12H16Cl2N5O6P. The van der Waals surface area contributed by atoms with Gasteiger partial charge in [0.1, 0.15) is 17.8 Å². The third-order valence-electron chi connectivity index (χ3n) is 4.00. The predicted molar refractivity (Wildman–Crippen MR) is 92.1 cm³/mol. The van der Waals surface area contributed by atoms with Crippen LogP contribution in [-0.4, -0.2) is 61.3 Å². The number of nitrogens with two attached hydrogens (primary N) is 1. The van der Waals surface area contributed by atoms with E-state index in [2.05, 4.69) is 15.0 Å². The molecule has 4 atom stereocenters. The minimum absolute atomic E-state index is 0.0700. The lowest BCUT2D eigenvalue weighted by molar-refractivity contribution is -0.0947. The Balaban J connectivity index is 1.97. The molecule has 14 heteroatoms. The lowest BCUT2D eigenvalue weighted by Gasteiger charge is -2.27. The van der Waals surface area contributed by atoms with E-state index in [-0.39, 0.29) is 17.5 Å². The number of aliphatic hydroxyl groups excluding tert-OH is 1. The van der Waals surface area contributed by atoms with Crippen molar-refractivity contribution in [3.63, 3.8) is 0 Å². The summed E-state index contributed by atoms with van der Waals surface area (Å²) < 4.78 is 28.2. The molecule has 3 rings (SSSR count). The van der Waals surface area contributed by atoms with Gasteiger partial charge in [-0.3, -0.25) is 9.13 Å². The average molecular weight is 428 g/mol. The number of nitrogens with zero attached hydrogens (tertiary/aromatic N) is 4. The summed E-state index contributed by atoms with van der Waals surface area (Å²) in [6.07, 6.45) is -6.05. The number of aliphatic hydroxyl groups is 2. The van der Waals surface area contributed by atoms with Crippen molar-refractivity contribution in [3.05, 3.63) is 6.33 Å². The van der Waals surface area contributed by atoms with Gasteiger partial charge in [0, 0.05) is 0 Å². The third-order valence-corrected chi connectivity index (χ3v) is 5.03. The molecule has 144 valence electrons. The van der Waals surface area contributed by atoms with E-state index >= 15 is 0 Å². The number of hydrogen-bond donors (Lipinski definition) is 3. The van der Waals surface area contributed by atoms with E-state index in [1.807, 2.05) is 0 Å². The first-order valence-corrected chi connectivity index (χ1v) is 10.7. The summed E-state index contributed by atoms with van der Waals surface area (Å²) in [7, 11) is 1.40. The van der Waals surface area contributed by atoms with Crippen molar-refractivity contribution in [1.82, 2.24) is 19.5 Å². The van der Waals surface area contributed by atoms with Crippen LogP contribution in [0.3, 0.4) is 0 Å². The van der Waals surface area contributed by atoms with Gasteiger partial charge in [0.15, 0.2) is 17.4 Å². The monoisotopic (exact) mass is 427 g/mol. The molecule has 1 aliphatic heterocycles. The maximum atomic E-state index is 11.3. The number of ether oxygens (including phenoxy) is 2. The number of nitrogen functional groups attached to an aromatic ring is 1. The number of rotatable bonds is 5. The molecule has 0 radical (unpaired) electrons. The molecule has 0 saturated carbocycles. The molecule has 4 N–H and O–H groups in total. The summed E-state index contributed by atoms with van der Waals surface area (Å²) >= 11 is 10.7. The highest BCUT2D eigenvalue weighted by molar-refractivity contribution is 8.05. The van der Waals surface area contributed by atoms with Gasteiger partial charge in [-0.05, 0) is 29.4 Å². The van der Waals surface area contributed by atoms with Gasteiger partial charge in [0.25, 0.3) is 0 Å². The van der Waals surface area contributed by atoms with Crippen LogP contribution in [-0.2, 0) is 13.8 Å². The van der Waals surface area contributed by atoms with Crippen molar-refractivity contribution in [2.75, 3.05) is 19.5 Å². The average Bonchev–Trinajstić information content (AvgIpc) is 3.04. The van der Waals surface area contributed by atoms with Crippen LogP contribution in [0.25, 0.3) is 11.2 Å². The second-order valence-corrected chi connectivity index (χ2v) is 10.1. The highest BCUT2D eigenvalue weighted by atomic mass is 35.9. The summed E-state index contributed by atoms with van der Waals surface area (Å²) in [4.78, 5) is 12.1.